The quantitative estimate of drug-likeness (QED) is 0.0126. The summed E-state index contributed by atoms with van der Waals surface area (Å²) in [5, 5.41) is 30.1. The molecule has 1 unspecified atom stereocenters. The number of amides is 12. The van der Waals surface area contributed by atoms with Gasteiger partial charge in [-0.1, -0.05) is 199 Å². The van der Waals surface area contributed by atoms with Crippen molar-refractivity contribution in [3.05, 3.63) is 263 Å². The highest BCUT2D eigenvalue weighted by atomic mass is 16.6. The van der Waals surface area contributed by atoms with Crippen LogP contribution >= 0.6 is 0 Å². The Morgan fingerprint density at radius 3 is 0.797 bits per heavy atom. The minimum atomic E-state index is -1.12. The third-order valence-corrected chi connectivity index (χ3v) is 23.2. The molecule has 8 aromatic carbocycles. The molecular formula is C105H124N12O21. The molecule has 5 aliphatic carbocycles. The van der Waals surface area contributed by atoms with E-state index in [1.807, 2.05) is 116 Å². The maximum absolute atomic E-state index is 13.3. The highest BCUT2D eigenvalue weighted by Crippen LogP contribution is 2.35. The van der Waals surface area contributed by atoms with Crippen molar-refractivity contribution in [3.63, 3.8) is 0 Å². The molecule has 0 aliphatic heterocycles. The first-order chi connectivity index (χ1) is 66.4. The van der Waals surface area contributed by atoms with Gasteiger partial charge in [0.2, 0.25) is 46.8 Å². The zero-order chi connectivity index (χ0) is 99.3. The Morgan fingerprint density at radius 2 is 0.543 bits per heavy atom. The van der Waals surface area contributed by atoms with Gasteiger partial charge in [-0.05, 0) is 177 Å². The van der Waals surface area contributed by atoms with Crippen LogP contribution in [0, 0.1) is 23.7 Å². The van der Waals surface area contributed by atoms with Crippen molar-refractivity contribution in [1.82, 2.24) is 64.0 Å². The maximum Gasteiger partial charge on any atom is 0.313 e. The number of rotatable bonds is 47. The van der Waals surface area contributed by atoms with E-state index in [2.05, 4.69) is 63.3 Å². The number of hydrogen-bond acceptors (Lipinski definition) is 21. The SMILES string of the molecule is CONC(=O)C(=O)[C@H](Cc1ccccc1)NC(=O)[C@H](CC1CC1)NC(=O)c1cccc(OC)c1.COc1cccc(C(=O)NC(C(=O)N[C@@H](Cc2ccccc2)C(=O)C(=O)NC2CC2)C(C)C)c1.COc1cccc(C(=O)N[C@@H](CC(C)C)C(=O)N[C@@H](Cc2ccccc2)C(=O)C(=O)NC2CC2)c1.COc1cccc(C(=O)N[C@@H](CC2CC2)C(=O)N[C@@H](Cc2ccccc2)C(=O)C(=O)NC2CC2)c1. The van der Waals surface area contributed by atoms with Crippen LogP contribution in [0.25, 0.3) is 0 Å². The predicted octanol–water partition coefficient (Wildman–Crippen LogP) is 8.18. The number of methoxy groups -OCH3 is 4. The van der Waals surface area contributed by atoms with Crippen molar-refractivity contribution in [3.8, 4) is 23.0 Å². The van der Waals surface area contributed by atoms with E-state index in [-0.39, 0.29) is 55.6 Å². The summed E-state index contributed by atoms with van der Waals surface area (Å²) in [6, 6.07) is 55.5. The van der Waals surface area contributed by atoms with Crippen LogP contribution in [-0.4, -0.2) is 196 Å². The summed E-state index contributed by atoms with van der Waals surface area (Å²) in [5.74, 6) is -7.11. The monoisotopic (exact) mass is 1890 g/mol. The third-order valence-electron chi connectivity index (χ3n) is 23.2. The largest absolute Gasteiger partial charge is 0.497 e. The van der Waals surface area contributed by atoms with Crippen molar-refractivity contribution in [2.45, 2.75) is 203 Å². The minimum absolute atomic E-state index is 0.0232. The fourth-order valence-corrected chi connectivity index (χ4v) is 14.6. The van der Waals surface area contributed by atoms with Crippen molar-refractivity contribution >= 4 is 94.0 Å². The molecule has 12 amide bonds. The van der Waals surface area contributed by atoms with Crippen LogP contribution in [0.5, 0.6) is 23.0 Å². The Morgan fingerprint density at radius 1 is 0.283 bits per heavy atom. The van der Waals surface area contributed by atoms with Crippen molar-refractivity contribution < 1.29 is 100 Å². The van der Waals surface area contributed by atoms with E-state index in [0.717, 1.165) is 86.5 Å². The summed E-state index contributed by atoms with van der Waals surface area (Å²) in [5.41, 5.74) is 6.63. The number of ether oxygens (including phenoxy) is 4. The van der Waals surface area contributed by atoms with Gasteiger partial charge in [0.25, 0.3) is 41.4 Å². The Hall–Kier alpha value is -14.8. The lowest BCUT2D eigenvalue weighted by Crippen LogP contribution is -2.56. The molecule has 8 aromatic rings. The summed E-state index contributed by atoms with van der Waals surface area (Å²) in [7, 11) is 7.25. The molecular weight excluding hydrogens is 1770 g/mol. The number of carbonyl (C=O) groups excluding carboxylic acids is 16. The topological polar surface area (TPSA) is 464 Å². The van der Waals surface area contributed by atoms with E-state index in [9.17, 15) is 76.7 Å². The van der Waals surface area contributed by atoms with E-state index in [1.165, 1.54) is 35.5 Å². The van der Waals surface area contributed by atoms with Crippen LogP contribution in [0.15, 0.2) is 218 Å². The molecule has 730 valence electrons. The van der Waals surface area contributed by atoms with Gasteiger partial charge < -0.3 is 77.4 Å². The Labute approximate surface area is 802 Å². The summed E-state index contributed by atoms with van der Waals surface area (Å²) in [6.07, 6.45) is 11.0. The van der Waals surface area contributed by atoms with Crippen LogP contribution in [0.1, 0.15) is 175 Å². The van der Waals surface area contributed by atoms with Crippen LogP contribution in [0.3, 0.4) is 0 Å². The van der Waals surface area contributed by atoms with Gasteiger partial charge in [-0.3, -0.25) is 81.6 Å². The Kier molecular flexibility index (Phi) is 40.4. The predicted molar refractivity (Wildman–Crippen MR) is 513 cm³/mol. The van der Waals surface area contributed by atoms with E-state index in [4.69, 9.17) is 18.9 Å². The van der Waals surface area contributed by atoms with Gasteiger partial charge in [0, 0.05) is 66.1 Å². The van der Waals surface area contributed by atoms with Crippen LogP contribution in [-0.2, 0) is 88.1 Å². The number of carbonyl (C=O) groups is 16. The fourth-order valence-electron chi connectivity index (χ4n) is 14.6. The van der Waals surface area contributed by atoms with Crippen molar-refractivity contribution in [2.75, 3.05) is 35.5 Å². The zero-order valence-corrected chi connectivity index (χ0v) is 79.0. The first kappa shape index (κ1) is 105. The molecule has 0 bridgehead atoms. The molecule has 0 radical (unpaired) electrons. The van der Waals surface area contributed by atoms with Gasteiger partial charge in [-0.25, -0.2) is 5.48 Å². The number of hydrogen-bond donors (Lipinski definition) is 12. The Bertz CT molecular complexity index is 5370. The van der Waals surface area contributed by atoms with E-state index in [0.29, 0.717) is 76.4 Å². The van der Waals surface area contributed by atoms with Crippen LogP contribution in [0.4, 0.5) is 0 Å². The van der Waals surface area contributed by atoms with Gasteiger partial charge >= 0.3 is 5.91 Å². The minimum Gasteiger partial charge on any atom is -0.497 e. The highest BCUT2D eigenvalue weighted by molar-refractivity contribution is 6.40. The second-order valence-corrected chi connectivity index (χ2v) is 35.5. The molecule has 0 spiro atoms. The fraction of sp³-hybridized carbons (Fsp3) is 0.390. The van der Waals surface area contributed by atoms with E-state index >= 15 is 0 Å². The second kappa shape index (κ2) is 52.9. The van der Waals surface area contributed by atoms with Gasteiger partial charge in [-0.2, -0.15) is 0 Å². The van der Waals surface area contributed by atoms with E-state index in [1.54, 1.807) is 135 Å². The lowest BCUT2D eigenvalue weighted by Gasteiger charge is -2.25. The first-order valence-corrected chi connectivity index (χ1v) is 46.5. The standard InChI is InChI=1S/C27H31N3O5.C27H33N3O5.C26H31N3O5.C25H29N3O6/c1-35-21-9-5-8-19(16-21)25(32)30-23(15-18-10-11-18)26(33)29-22(14-17-6-3-2-4-7-17)24(31)27(34)28-20-12-13-20;1-17(2)14-23(30-25(32)19-10-7-11-21(16-19)35-3)26(33)29-22(15-18-8-5-4-6-9-18)24(31)27(34)28-20-12-13-20;1-16(2)22(29-24(31)18-10-7-11-20(15-18)34-3)25(32)28-21(14-17-8-5-4-6-9-17)23(30)26(33)27-19-12-13-19;1-33-19-10-6-9-18(15-19)23(30)27-21(14-17-11-12-17)24(31)26-20(22(29)25(32)28-34-2)13-16-7-4-3-5-8-16/h2-9,16,18,20,22-23H,10-15H2,1H3,(H,28,34)(H,29,33)(H,30,32);4-11,16-17,20,22-23H,12-15H2,1-3H3,(H,28,34)(H,29,33)(H,30,32);4-11,15-16,19,21-22H,12-14H2,1-3H3,(H,27,33)(H,28,32)(H,29,31);3-10,15,17,20-21H,11-14H2,1-2H3,(H,26,31)(H,27,30)(H,28,32)/t2*22-,23-;21-,22?;20-,21-/m0000/s1. The number of ketones is 4. The summed E-state index contributed by atoms with van der Waals surface area (Å²) >= 11 is 0. The van der Waals surface area contributed by atoms with Crippen LogP contribution < -0.4 is 82.9 Å². The average molecular weight is 1890 g/mol. The van der Waals surface area contributed by atoms with Gasteiger partial charge in [0.15, 0.2) is 0 Å². The van der Waals surface area contributed by atoms with Gasteiger partial charge in [-0.15, -0.1) is 0 Å². The molecule has 5 fully saturated rings. The lowest BCUT2D eigenvalue weighted by molar-refractivity contribution is -0.146. The van der Waals surface area contributed by atoms with E-state index < -0.39 is 142 Å². The third kappa shape index (κ3) is 35.2. The molecule has 33 nitrogen and oxygen atoms in total. The number of nitrogens with one attached hydrogen (secondary N) is 12. The molecule has 0 saturated heterocycles. The molecule has 5 saturated carbocycles. The zero-order valence-electron chi connectivity index (χ0n) is 79.0. The summed E-state index contributed by atoms with van der Waals surface area (Å²) in [4.78, 5) is 210. The summed E-state index contributed by atoms with van der Waals surface area (Å²) < 4.78 is 20.7. The molecule has 138 heavy (non-hydrogen) atoms. The van der Waals surface area contributed by atoms with Crippen molar-refractivity contribution in [1.29, 1.82) is 0 Å². The molecule has 5 aliphatic rings. The molecule has 8 atom stereocenters. The second-order valence-electron chi connectivity index (χ2n) is 35.5. The van der Waals surface area contributed by atoms with Crippen LogP contribution in [0.2, 0.25) is 0 Å². The number of benzene rings is 8. The normalized spacial score (nSPS) is 15.0. The summed E-state index contributed by atoms with van der Waals surface area (Å²) in [6.45, 7) is 7.47. The molecule has 12 N–H and O–H groups in total. The Balaban J connectivity index is 0.000000190. The molecule has 0 heterocycles. The molecule has 0 aromatic heterocycles. The first-order valence-electron chi connectivity index (χ1n) is 46.5. The average Bonchev–Trinajstić information content (AvgIpc) is 1.19. The molecule has 13 rings (SSSR count). The van der Waals surface area contributed by atoms with Crippen molar-refractivity contribution in [2.24, 2.45) is 23.7 Å². The smallest absolute Gasteiger partial charge is 0.313 e. The molecule has 33 heteroatoms. The number of hydroxylamine groups is 1. The van der Waals surface area contributed by atoms with Gasteiger partial charge in [0.05, 0.1) is 35.5 Å². The highest BCUT2D eigenvalue weighted by Gasteiger charge is 2.41. The maximum atomic E-state index is 13.3. The number of Topliss-reactive ketones (excluding diaryl/α,β-unsaturated/α-hetero) is 4. The van der Waals surface area contributed by atoms with Gasteiger partial charge in [0.1, 0.15) is 71.3 Å². The lowest BCUT2D eigenvalue weighted by atomic mass is 9.98.